The minimum atomic E-state index is -0.537. The molecule has 1 amide bonds. The van der Waals surface area contributed by atoms with Crippen molar-refractivity contribution in [1.82, 2.24) is 20.1 Å². The number of aryl methyl sites for hydroxylation is 2. The first-order valence-electron chi connectivity index (χ1n) is 8.34. The molecule has 0 saturated heterocycles. The van der Waals surface area contributed by atoms with Crippen LogP contribution in [0.15, 0.2) is 23.0 Å². The lowest BCUT2D eigenvalue weighted by Gasteiger charge is -2.19. The molecule has 0 bridgehead atoms. The van der Waals surface area contributed by atoms with E-state index in [1.807, 2.05) is 6.07 Å². The average molecular weight is 428 g/mol. The van der Waals surface area contributed by atoms with Crippen LogP contribution in [0.1, 0.15) is 27.2 Å². The zero-order valence-corrected chi connectivity index (χ0v) is 16.9. The van der Waals surface area contributed by atoms with Gasteiger partial charge in [-0.3, -0.25) is 19.4 Å². The molecule has 7 nitrogen and oxygen atoms in total. The Morgan fingerprint density at radius 1 is 1.32 bits per heavy atom. The summed E-state index contributed by atoms with van der Waals surface area (Å²) in [6.07, 6.45) is 0.571. The van der Waals surface area contributed by atoms with E-state index in [0.717, 1.165) is 5.56 Å². The molecular formula is C18H20Cl2FN5O2. The third kappa shape index (κ3) is 3.63. The van der Waals surface area contributed by atoms with Gasteiger partial charge in [0.15, 0.2) is 5.65 Å². The average Bonchev–Trinajstić information content (AvgIpc) is 2.91. The molecule has 0 atom stereocenters. The summed E-state index contributed by atoms with van der Waals surface area (Å²) in [5.41, 5.74) is 2.38. The van der Waals surface area contributed by atoms with Crippen LogP contribution in [0.5, 0.6) is 0 Å². The summed E-state index contributed by atoms with van der Waals surface area (Å²) in [7, 11) is 1.65. The van der Waals surface area contributed by atoms with Gasteiger partial charge in [0, 0.05) is 19.3 Å². The number of hydrogen-bond donors (Lipinski definition) is 3. The van der Waals surface area contributed by atoms with Crippen LogP contribution in [-0.2, 0) is 20.0 Å². The number of aromatic nitrogens is 3. The van der Waals surface area contributed by atoms with Gasteiger partial charge < -0.3 is 10.6 Å². The van der Waals surface area contributed by atoms with Crippen LogP contribution in [0.3, 0.4) is 0 Å². The molecule has 2 aromatic heterocycles. The van der Waals surface area contributed by atoms with E-state index >= 15 is 0 Å². The summed E-state index contributed by atoms with van der Waals surface area (Å²) >= 11 is 0. The quantitative estimate of drug-likeness (QED) is 0.585. The smallest absolute Gasteiger partial charge is 0.274 e. The highest BCUT2D eigenvalue weighted by Gasteiger charge is 2.21. The van der Waals surface area contributed by atoms with E-state index in [2.05, 4.69) is 20.7 Å². The summed E-state index contributed by atoms with van der Waals surface area (Å²) in [5, 5.41) is 8.58. The largest absolute Gasteiger partial charge is 0.319 e. The number of rotatable bonds is 2. The molecule has 10 heteroatoms. The Morgan fingerprint density at radius 3 is 2.82 bits per heavy atom. The number of benzene rings is 1. The van der Waals surface area contributed by atoms with E-state index in [-0.39, 0.29) is 41.5 Å². The number of nitrogens with one attached hydrogen (secondary N) is 3. The van der Waals surface area contributed by atoms with E-state index in [4.69, 9.17) is 0 Å². The molecular weight excluding hydrogens is 408 g/mol. The van der Waals surface area contributed by atoms with Crippen molar-refractivity contribution in [2.24, 2.45) is 7.05 Å². The zero-order chi connectivity index (χ0) is 18.4. The topological polar surface area (TPSA) is 91.8 Å². The van der Waals surface area contributed by atoms with Crippen molar-refractivity contribution in [3.63, 3.8) is 0 Å². The van der Waals surface area contributed by atoms with Crippen molar-refractivity contribution in [2.75, 3.05) is 11.9 Å². The Balaban J connectivity index is 0.00000140. The van der Waals surface area contributed by atoms with Gasteiger partial charge in [0.1, 0.15) is 5.82 Å². The van der Waals surface area contributed by atoms with Crippen LogP contribution >= 0.6 is 24.8 Å². The number of fused-ring (bicyclic) bond motifs is 2. The van der Waals surface area contributed by atoms with Gasteiger partial charge in [-0.15, -0.1) is 24.8 Å². The Morgan fingerprint density at radius 2 is 2.07 bits per heavy atom. The molecule has 28 heavy (non-hydrogen) atoms. The number of aromatic amines is 1. The summed E-state index contributed by atoms with van der Waals surface area (Å²) in [5.74, 6) is -0.952. The number of anilines is 1. The number of amides is 1. The molecule has 1 aliphatic rings. The van der Waals surface area contributed by atoms with E-state index < -0.39 is 17.3 Å². The number of carbonyl (C=O) groups excluding carboxylic acids is 1. The maximum absolute atomic E-state index is 14.8. The second-order valence-corrected chi connectivity index (χ2v) is 6.46. The molecule has 0 aliphatic carbocycles. The first-order valence-corrected chi connectivity index (χ1v) is 8.34. The molecule has 3 aromatic rings. The number of pyridine rings is 1. The lowest BCUT2D eigenvalue weighted by molar-refractivity contribution is 0.102. The van der Waals surface area contributed by atoms with Crippen molar-refractivity contribution in [1.29, 1.82) is 0 Å². The first-order chi connectivity index (χ1) is 12.5. The van der Waals surface area contributed by atoms with E-state index in [0.29, 0.717) is 36.4 Å². The van der Waals surface area contributed by atoms with Gasteiger partial charge >= 0.3 is 0 Å². The fraction of sp³-hybridized carbons (Fsp3) is 0.278. The molecule has 3 N–H and O–H groups in total. The molecule has 3 heterocycles. The predicted octanol–water partition coefficient (Wildman–Crippen LogP) is 2.45. The highest BCUT2D eigenvalue weighted by molar-refractivity contribution is 6.12. The van der Waals surface area contributed by atoms with Crippen molar-refractivity contribution >= 4 is 47.4 Å². The Labute approximate surface area is 172 Å². The number of carbonyl (C=O) groups is 1. The van der Waals surface area contributed by atoms with Crippen molar-refractivity contribution in [3.05, 3.63) is 56.8 Å². The Bertz CT molecular complexity index is 1110. The van der Waals surface area contributed by atoms with Crippen LogP contribution in [-0.4, -0.2) is 27.2 Å². The zero-order valence-electron chi connectivity index (χ0n) is 15.3. The van der Waals surface area contributed by atoms with Crippen molar-refractivity contribution in [3.8, 4) is 0 Å². The van der Waals surface area contributed by atoms with Gasteiger partial charge in [-0.1, -0.05) is 6.07 Å². The van der Waals surface area contributed by atoms with E-state index in [1.54, 1.807) is 20.0 Å². The van der Waals surface area contributed by atoms with E-state index in [9.17, 15) is 14.0 Å². The molecule has 0 unspecified atom stereocenters. The van der Waals surface area contributed by atoms with Gasteiger partial charge in [-0.25, -0.2) is 9.37 Å². The number of H-pyrrole nitrogens is 1. The highest BCUT2D eigenvalue weighted by Crippen LogP contribution is 2.25. The van der Waals surface area contributed by atoms with Crippen LogP contribution < -0.4 is 16.2 Å². The fourth-order valence-corrected chi connectivity index (χ4v) is 3.38. The van der Waals surface area contributed by atoms with Crippen LogP contribution in [0.4, 0.5) is 10.1 Å². The maximum atomic E-state index is 14.8. The third-order valence-electron chi connectivity index (χ3n) is 4.64. The maximum Gasteiger partial charge on any atom is 0.274 e. The SMILES string of the molecule is Cc1cc(C(=O)Nc2ccc3c(c2F)CCNC3)c2c(=O)[nH]n(C)c2n1.Cl.Cl. The lowest BCUT2D eigenvalue weighted by Crippen LogP contribution is -2.25. The summed E-state index contributed by atoms with van der Waals surface area (Å²) in [4.78, 5) is 29.2. The molecule has 1 aliphatic heterocycles. The number of halogens is 3. The molecule has 1 aromatic carbocycles. The van der Waals surface area contributed by atoms with Crippen LogP contribution in [0.25, 0.3) is 11.0 Å². The molecule has 4 rings (SSSR count). The third-order valence-corrected chi connectivity index (χ3v) is 4.64. The van der Waals surface area contributed by atoms with Crippen LogP contribution in [0.2, 0.25) is 0 Å². The lowest BCUT2D eigenvalue weighted by atomic mass is 9.99. The monoisotopic (exact) mass is 427 g/mol. The van der Waals surface area contributed by atoms with Gasteiger partial charge in [0.05, 0.1) is 16.6 Å². The second-order valence-electron chi connectivity index (χ2n) is 6.46. The summed E-state index contributed by atoms with van der Waals surface area (Å²) in [6, 6.07) is 4.90. The fourth-order valence-electron chi connectivity index (χ4n) is 3.38. The number of hydrogen-bond acceptors (Lipinski definition) is 4. The minimum Gasteiger partial charge on any atom is -0.319 e. The van der Waals surface area contributed by atoms with Gasteiger partial charge in [0.2, 0.25) is 0 Å². The summed E-state index contributed by atoms with van der Waals surface area (Å²) in [6.45, 7) is 3.05. The van der Waals surface area contributed by atoms with Crippen molar-refractivity contribution in [2.45, 2.75) is 19.9 Å². The van der Waals surface area contributed by atoms with Gasteiger partial charge in [0.25, 0.3) is 11.5 Å². The van der Waals surface area contributed by atoms with Crippen molar-refractivity contribution < 1.29 is 9.18 Å². The predicted molar refractivity (Wildman–Crippen MR) is 110 cm³/mol. The summed E-state index contributed by atoms with van der Waals surface area (Å²) < 4.78 is 16.2. The minimum absolute atomic E-state index is 0. The number of nitrogens with zero attached hydrogens (tertiary/aromatic N) is 2. The normalized spacial score (nSPS) is 12.7. The van der Waals surface area contributed by atoms with Gasteiger partial charge in [-0.2, -0.15) is 0 Å². The van der Waals surface area contributed by atoms with Crippen LogP contribution in [0, 0.1) is 12.7 Å². The van der Waals surface area contributed by atoms with Gasteiger partial charge in [-0.05, 0) is 43.1 Å². The molecule has 0 saturated carbocycles. The van der Waals surface area contributed by atoms with E-state index in [1.165, 1.54) is 10.7 Å². The standard InChI is InChI=1S/C18H18FN5O2.2ClH/c1-9-7-12(14-16(21-9)24(2)23-18(14)26)17(25)22-13-4-3-10-8-20-6-5-11(10)15(13)19;;/h3-4,7,20H,5-6,8H2,1-2H3,(H,22,25)(H,23,26);2*1H. The highest BCUT2D eigenvalue weighted by atomic mass is 35.5. The Hall–Kier alpha value is -2.42. The Kier molecular flexibility index (Phi) is 6.48. The second kappa shape index (κ2) is 8.30. The molecule has 150 valence electrons. The first kappa shape index (κ1) is 21.9. The molecule has 0 spiro atoms. The molecule has 0 fully saturated rings. The molecule has 0 radical (unpaired) electrons.